The molecule has 0 spiro atoms. The lowest BCUT2D eigenvalue weighted by Crippen LogP contribution is -2.27. The van der Waals surface area contributed by atoms with Crippen molar-refractivity contribution >= 4 is 30.2 Å². The number of anilines is 1. The predicted molar refractivity (Wildman–Crippen MR) is 72.3 cm³/mol. The third-order valence-electron chi connectivity index (χ3n) is 1.77. The molecule has 6 nitrogen and oxygen atoms in total. The van der Waals surface area contributed by atoms with Crippen LogP contribution in [0.15, 0.2) is 12.1 Å². The van der Waals surface area contributed by atoms with Crippen molar-refractivity contribution in [2.24, 2.45) is 5.73 Å². The number of nitrogen functional groups attached to an aromatic ring is 1. The molecule has 0 unspecified atom stereocenters. The van der Waals surface area contributed by atoms with E-state index in [4.69, 9.17) is 15.9 Å². The lowest BCUT2D eigenvalue weighted by molar-refractivity contribution is 0.0635. The first-order valence-electron chi connectivity index (χ1n) is 5.20. The molecule has 0 radical (unpaired) electrons. The number of carbonyl (C=O) groups excluding carboxylic acids is 1. The molecule has 0 aliphatic heterocycles. The maximum atomic E-state index is 13.4. The highest BCUT2D eigenvalue weighted by Gasteiger charge is 2.17. The third kappa shape index (κ3) is 5.52. The molecule has 1 heterocycles. The first-order valence-corrected chi connectivity index (χ1v) is 5.20. The number of hydrogen-bond donors (Lipinski definition) is 3. The van der Waals surface area contributed by atoms with Gasteiger partial charge in [-0.05, 0) is 32.9 Å². The van der Waals surface area contributed by atoms with E-state index in [-0.39, 0.29) is 23.8 Å². The highest BCUT2D eigenvalue weighted by molar-refractivity contribution is 5.95. The van der Waals surface area contributed by atoms with E-state index in [0.717, 1.165) is 0 Å². The summed E-state index contributed by atoms with van der Waals surface area (Å²) in [6.45, 7) is 5.12. The van der Waals surface area contributed by atoms with Crippen LogP contribution in [0.25, 0.3) is 0 Å². The van der Waals surface area contributed by atoms with E-state index >= 15 is 0 Å². The highest BCUT2D eigenvalue weighted by atomic mass is 35.5. The van der Waals surface area contributed by atoms with Gasteiger partial charge in [0.1, 0.15) is 17.3 Å². The van der Waals surface area contributed by atoms with Crippen molar-refractivity contribution in [2.45, 2.75) is 26.4 Å². The van der Waals surface area contributed by atoms with Crippen LogP contribution < -0.4 is 11.1 Å². The number of aromatic nitrogens is 1. The first kappa shape index (κ1) is 17.1. The fourth-order valence-electron chi connectivity index (χ4n) is 1.11. The van der Waals surface area contributed by atoms with Crippen LogP contribution in [-0.2, 0) is 4.74 Å². The molecule has 0 atom stereocenters. The number of hydrogen-bond acceptors (Lipinski definition) is 4. The number of amidine groups is 1. The second-order valence-corrected chi connectivity index (χ2v) is 4.58. The van der Waals surface area contributed by atoms with Crippen LogP contribution >= 0.6 is 12.4 Å². The van der Waals surface area contributed by atoms with Gasteiger partial charge in [0.25, 0.3) is 0 Å². The number of carbonyl (C=O) groups is 1. The molecular formula is C11H16ClFN4O2. The normalized spacial score (nSPS) is 10.3. The number of nitrogens with two attached hydrogens (primary N) is 1. The molecule has 8 heteroatoms. The fourth-order valence-corrected chi connectivity index (χ4v) is 1.11. The summed E-state index contributed by atoms with van der Waals surface area (Å²) in [7, 11) is 0. The molecule has 0 aliphatic carbocycles. The summed E-state index contributed by atoms with van der Waals surface area (Å²) in [5.41, 5.74) is 4.37. The molecule has 1 amide bonds. The zero-order valence-corrected chi connectivity index (χ0v) is 11.6. The Morgan fingerprint density at radius 3 is 2.47 bits per heavy atom. The van der Waals surface area contributed by atoms with E-state index in [2.05, 4.69) is 10.3 Å². The molecule has 0 saturated carbocycles. The van der Waals surface area contributed by atoms with Gasteiger partial charge in [0.15, 0.2) is 0 Å². The van der Waals surface area contributed by atoms with Crippen molar-refractivity contribution in [3.63, 3.8) is 0 Å². The van der Waals surface area contributed by atoms with Crippen molar-refractivity contribution in [3.05, 3.63) is 23.6 Å². The average Bonchev–Trinajstić information content (AvgIpc) is 2.13. The molecule has 1 aromatic rings. The summed E-state index contributed by atoms with van der Waals surface area (Å²) in [6.07, 6.45) is -0.732. The van der Waals surface area contributed by atoms with E-state index in [9.17, 15) is 9.18 Å². The number of rotatable bonds is 2. The Labute approximate surface area is 116 Å². The van der Waals surface area contributed by atoms with Gasteiger partial charge in [0.05, 0.1) is 5.56 Å². The molecule has 0 fully saturated rings. The molecule has 19 heavy (non-hydrogen) atoms. The first-order chi connectivity index (χ1) is 8.19. The zero-order valence-electron chi connectivity index (χ0n) is 10.8. The van der Waals surface area contributed by atoms with Crippen molar-refractivity contribution in [1.29, 1.82) is 5.41 Å². The minimum Gasteiger partial charge on any atom is -0.444 e. The lowest BCUT2D eigenvalue weighted by atomic mass is 10.2. The SMILES string of the molecule is CC(C)(C)OC(=O)Nc1ccc(C(=N)N)c(F)n1.Cl. The van der Waals surface area contributed by atoms with Gasteiger partial charge < -0.3 is 10.5 Å². The van der Waals surface area contributed by atoms with E-state index in [1.807, 2.05) is 0 Å². The van der Waals surface area contributed by atoms with Crippen LogP contribution in [0.1, 0.15) is 26.3 Å². The van der Waals surface area contributed by atoms with Gasteiger partial charge in [-0.25, -0.2) is 9.78 Å². The topological polar surface area (TPSA) is 101 Å². The predicted octanol–water partition coefficient (Wildman–Crippen LogP) is 2.27. The molecule has 1 aromatic heterocycles. The van der Waals surface area contributed by atoms with E-state index in [1.165, 1.54) is 12.1 Å². The van der Waals surface area contributed by atoms with Gasteiger partial charge in [-0.2, -0.15) is 4.39 Å². The van der Waals surface area contributed by atoms with Crippen LogP contribution in [0.3, 0.4) is 0 Å². The number of halogens is 2. The number of amides is 1. The van der Waals surface area contributed by atoms with Crippen LogP contribution in [0, 0.1) is 11.4 Å². The molecular weight excluding hydrogens is 275 g/mol. The highest BCUT2D eigenvalue weighted by Crippen LogP contribution is 2.12. The summed E-state index contributed by atoms with van der Waals surface area (Å²) in [6, 6.07) is 2.60. The van der Waals surface area contributed by atoms with Crippen molar-refractivity contribution in [1.82, 2.24) is 4.98 Å². The summed E-state index contributed by atoms with van der Waals surface area (Å²) in [4.78, 5) is 14.9. The third-order valence-corrected chi connectivity index (χ3v) is 1.77. The Morgan fingerprint density at radius 1 is 1.47 bits per heavy atom. The summed E-state index contributed by atoms with van der Waals surface area (Å²) >= 11 is 0. The van der Waals surface area contributed by atoms with Gasteiger partial charge >= 0.3 is 6.09 Å². The number of nitrogens with one attached hydrogen (secondary N) is 2. The van der Waals surface area contributed by atoms with Gasteiger partial charge in [-0.3, -0.25) is 10.7 Å². The van der Waals surface area contributed by atoms with Crippen molar-refractivity contribution < 1.29 is 13.9 Å². The van der Waals surface area contributed by atoms with Crippen LogP contribution in [0.5, 0.6) is 0 Å². The second kappa shape index (κ2) is 6.33. The lowest BCUT2D eigenvalue weighted by Gasteiger charge is -2.19. The van der Waals surface area contributed by atoms with E-state index in [1.54, 1.807) is 20.8 Å². The fraction of sp³-hybridized carbons (Fsp3) is 0.364. The Balaban J connectivity index is 0.00000324. The number of ether oxygens (including phenoxy) is 1. The Hall–Kier alpha value is -1.89. The molecule has 0 aliphatic rings. The minimum atomic E-state index is -0.920. The standard InChI is InChI=1S/C11H15FN4O2.ClH/c1-11(2,3)18-10(17)16-7-5-4-6(9(13)14)8(12)15-7;/h4-5H,1-3H3,(H3,13,14)(H,15,16,17);1H. The quantitative estimate of drug-likeness (QED) is 0.442. The van der Waals surface area contributed by atoms with Crippen LogP contribution in [0.4, 0.5) is 15.0 Å². The van der Waals surface area contributed by atoms with Gasteiger partial charge in [-0.15, -0.1) is 12.4 Å². The maximum absolute atomic E-state index is 13.4. The van der Waals surface area contributed by atoms with Crippen LogP contribution in [-0.4, -0.2) is 22.5 Å². The Kier molecular flexibility index (Phi) is 5.70. The number of nitrogens with zero attached hydrogens (tertiary/aromatic N) is 1. The smallest absolute Gasteiger partial charge is 0.413 e. The molecule has 1 rings (SSSR count). The number of pyridine rings is 1. The second-order valence-electron chi connectivity index (χ2n) is 4.58. The van der Waals surface area contributed by atoms with Gasteiger partial charge in [-0.1, -0.05) is 0 Å². The van der Waals surface area contributed by atoms with Gasteiger partial charge in [0, 0.05) is 0 Å². The van der Waals surface area contributed by atoms with Crippen molar-refractivity contribution in [3.8, 4) is 0 Å². The summed E-state index contributed by atoms with van der Waals surface area (Å²) < 4.78 is 18.3. The monoisotopic (exact) mass is 290 g/mol. The molecule has 0 aromatic carbocycles. The average molecular weight is 291 g/mol. The summed E-state index contributed by atoms with van der Waals surface area (Å²) in [5, 5.41) is 9.37. The minimum absolute atomic E-state index is 0. The molecule has 0 bridgehead atoms. The Morgan fingerprint density at radius 2 is 2.05 bits per heavy atom. The van der Waals surface area contributed by atoms with E-state index in [0.29, 0.717) is 0 Å². The summed E-state index contributed by atoms with van der Waals surface area (Å²) in [5.74, 6) is -1.35. The largest absolute Gasteiger partial charge is 0.444 e. The van der Waals surface area contributed by atoms with Crippen molar-refractivity contribution in [2.75, 3.05) is 5.32 Å². The maximum Gasteiger partial charge on any atom is 0.413 e. The Bertz CT molecular complexity index is 488. The molecule has 4 N–H and O–H groups in total. The van der Waals surface area contributed by atoms with E-state index < -0.39 is 23.5 Å². The molecule has 106 valence electrons. The zero-order chi connectivity index (χ0) is 13.9. The molecule has 0 saturated heterocycles. The van der Waals surface area contributed by atoms with Crippen LogP contribution in [0.2, 0.25) is 0 Å². The van der Waals surface area contributed by atoms with Gasteiger partial charge in [0.2, 0.25) is 5.95 Å².